The SMILES string of the molecule is CN(Cc1cscn1)S(=O)(=O)Cc1cccc(C(N)=S)c1. The van der Waals surface area contributed by atoms with Crippen molar-refractivity contribution in [1.29, 1.82) is 0 Å². The van der Waals surface area contributed by atoms with Crippen molar-refractivity contribution in [3.8, 4) is 0 Å². The molecule has 0 radical (unpaired) electrons. The summed E-state index contributed by atoms with van der Waals surface area (Å²) in [5, 5.41) is 1.83. The number of thiazole rings is 1. The van der Waals surface area contributed by atoms with Crippen LogP contribution in [0.1, 0.15) is 16.8 Å². The molecule has 2 rings (SSSR count). The van der Waals surface area contributed by atoms with Gasteiger partial charge in [0.2, 0.25) is 10.0 Å². The molecule has 0 saturated carbocycles. The number of rotatable bonds is 6. The van der Waals surface area contributed by atoms with Gasteiger partial charge in [0.25, 0.3) is 0 Å². The van der Waals surface area contributed by atoms with E-state index < -0.39 is 10.0 Å². The summed E-state index contributed by atoms with van der Waals surface area (Å²) in [6, 6.07) is 6.96. The number of aromatic nitrogens is 1. The summed E-state index contributed by atoms with van der Waals surface area (Å²) in [5.74, 6) is -0.0932. The van der Waals surface area contributed by atoms with Gasteiger partial charge >= 0.3 is 0 Å². The monoisotopic (exact) mass is 341 g/mol. The van der Waals surface area contributed by atoms with Gasteiger partial charge in [-0.3, -0.25) is 0 Å². The van der Waals surface area contributed by atoms with Crippen LogP contribution < -0.4 is 5.73 Å². The van der Waals surface area contributed by atoms with Crippen LogP contribution in [0.3, 0.4) is 0 Å². The maximum Gasteiger partial charge on any atom is 0.218 e. The first kappa shape index (κ1) is 16.0. The summed E-state index contributed by atoms with van der Waals surface area (Å²) in [4.78, 5) is 4.35. The molecule has 0 aliphatic rings. The van der Waals surface area contributed by atoms with Crippen LogP contribution in [0.4, 0.5) is 0 Å². The van der Waals surface area contributed by atoms with Crippen LogP contribution in [0.2, 0.25) is 0 Å². The zero-order valence-electron chi connectivity index (χ0n) is 11.4. The average Bonchev–Trinajstić information content (AvgIpc) is 2.91. The predicted octanol–water partition coefficient (Wildman–Crippen LogP) is 1.74. The summed E-state index contributed by atoms with van der Waals surface area (Å²) in [7, 11) is -1.87. The van der Waals surface area contributed by atoms with Crippen LogP contribution in [0.5, 0.6) is 0 Å². The highest BCUT2D eigenvalue weighted by Crippen LogP contribution is 2.14. The normalized spacial score (nSPS) is 11.7. The Morgan fingerprint density at radius 3 is 2.86 bits per heavy atom. The van der Waals surface area contributed by atoms with E-state index in [-0.39, 0.29) is 17.3 Å². The zero-order valence-corrected chi connectivity index (χ0v) is 13.8. The van der Waals surface area contributed by atoms with E-state index in [0.29, 0.717) is 11.1 Å². The summed E-state index contributed by atoms with van der Waals surface area (Å²) >= 11 is 6.34. The van der Waals surface area contributed by atoms with E-state index >= 15 is 0 Å². The quantitative estimate of drug-likeness (QED) is 0.810. The van der Waals surface area contributed by atoms with E-state index in [9.17, 15) is 8.42 Å². The second-order valence-electron chi connectivity index (χ2n) is 4.56. The van der Waals surface area contributed by atoms with E-state index in [1.165, 1.54) is 15.6 Å². The highest BCUT2D eigenvalue weighted by molar-refractivity contribution is 7.88. The van der Waals surface area contributed by atoms with Crippen molar-refractivity contribution in [1.82, 2.24) is 9.29 Å². The average molecular weight is 341 g/mol. The standard InChI is InChI=1S/C13H15N3O2S3/c1-16(6-12-7-20-9-15-12)21(17,18)8-10-3-2-4-11(5-10)13(14)19/h2-5,7,9H,6,8H2,1H3,(H2,14,19). The number of thiocarbonyl (C=S) groups is 1. The molecule has 0 spiro atoms. The fourth-order valence-electron chi connectivity index (χ4n) is 1.78. The van der Waals surface area contributed by atoms with E-state index in [1.807, 2.05) is 5.38 Å². The lowest BCUT2D eigenvalue weighted by atomic mass is 10.1. The van der Waals surface area contributed by atoms with Gasteiger partial charge in [0.1, 0.15) is 4.99 Å². The third-order valence-corrected chi connectivity index (χ3v) is 5.55. The Bertz CT molecular complexity index is 727. The number of nitrogens with two attached hydrogens (primary N) is 1. The molecule has 2 N–H and O–H groups in total. The first-order valence-electron chi connectivity index (χ1n) is 6.08. The van der Waals surface area contributed by atoms with Gasteiger partial charge in [-0.05, 0) is 11.6 Å². The Kier molecular flexibility index (Phi) is 5.04. The molecule has 1 aromatic carbocycles. The minimum Gasteiger partial charge on any atom is -0.389 e. The van der Waals surface area contributed by atoms with E-state index in [0.717, 1.165) is 5.69 Å². The third-order valence-electron chi connectivity index (χ3n) is 2.90. The number of hydrogen-bond donors (Lipinski definition) is 1. The summed E-state index contributed by atoms with van der Waals surface area (Å²) in [6.45, 7) is 0.265. The van der Waals surface area contributed by atoms with Gasteiger partial charge in [0, 0.05) is 18.0 Å². The first-order valence-corrected chi connectivity index (χ1v) is 9.04. The Hall–Kier alpha value is -1.35. The van der Waals surface area contributed by atoms with Crippen molar-refractivity contribution < 1.29 is 8.42 Å². The molecule has 1 heterocycles. The number of hydrogen-bond acceptors (Lipinski definition) is 5. The van der Waals surface area contributed by atoms with E-state index in [1.54, 1.807) is 36.8 Å². The van der Waals surface area contributed by atoms with Gasteiger partial charge in [0.05, 0.1) is 23.5 Å². The first-order chi connectivity index (χ1) is 9.88. The molecule has 0 saturated heterocycles. The second-order valence-corrected chi connectivity index (χ2v) is 7.79. The lowest BCUT2D eigenvalue weighted by Crippen LogP contribution is -2.28. The van der Waals surface area contributed by atoms with Crippen molar-refractivity contribution in [3.05, 3.63) is 52.0 Å². The van der Waals surface area contributed by atoms with Gasteiger partial charge in [-0.25, -0.2) is 13.4 Å². The smallest absolute Gasteiger partial charge is 0.218 e. The molecular weight excluding hydrogens is 326 g/mol. The van der Waals surface area contributed by atoms with Crippen LogP contribution in [0, 0.1) is 0 Å². The minimum absolute atomic E-state index is 0.0932. The molecule has 0 unspecified atom stereocenters. The molecular formula is C13H15N3O2S3. The van der Waals surface area contributed by atoms with Crippen LogP contribution in [-0.2, 0) is 22.3 Å². The molecule has 0 fully saturated rings. The Morgan fingerprint density at radius 2 is 2.24 bits per heavy atom. The fourth-order valence-corrected chi connectivity index (χ4v) is 3.60. The molecule has 21 heavy (non-hydrogen) atoms. The molecule has 0 aliphatic carbocycles. The zero-order chi connectivity index (χ0) is 15.5. The van der Waals surface area contributed by atoms with Crippen molar-refractivity contribution in [2.24, 2.45) is 5.73 Å². The maximum atomic E-state index is 12.3. The lowest BCUT2D eigenvalue weighted by Gasteiger charge is -2.16. The maximum absolute atomic E-state index is 12.3. The summed E-state index contributed by atoms with van der Waals surface area (Å²) in [6.07, 6.45) is 0. The molecule has 1 aromatic heterocycles. The second kappa shape index (κ2) is 6.61. The molecule has 8 heteroatoms. The van der Waals surface area contributed by atoms with E-state index in [4.69, 9.17) is 18.0 Å². The molecule has 0 bridgehead atoms. The van der Waals surface area contributed by atoms with Crippen molar-refractivity contribution in [2.75, 3.05) is 7.05 Å². The van der Waals surface area contributed by atoms with Crippen molar-refractivity contribution in [3.63, 3.8) is 0 Å². The Labute approximate surface area is 133 Å². The van der Waals surface area contributed by atoms with Gasteiger partial charge in [-0.15, -0.1) is 11.3 Å². The number of nitrogens with zero attached hydrogens (tertiary/aromatic N) is 2. The van der Waals surface area contributed by atoms with Gasteiger partial charge in [-0.2, -0.15) is 4.31 Å². The highest BCUT2D eigenvalue weighted by atomic mass is 32.2. The molecule has 0 amide bonds. The van der Waals surface area contributed by atoms with Gasteiger partial charge in [-0.1, -0.05) is 30.4 Å². The molecule has 2 aromatic rings. The van der Waals surface area contributed by atoms with E-state index in [2.05, 4.69) is 4.98 Å². The third kappa shape index (κ3) is 4.31. The fraction of sp³-hybridized carbons (Fsp3) is 0.231. The molecule has 0 aliphatic heterocycles. The molecule has 5 nitrogen and oxygen atoms in total. The molecule has 112 valence electrons. The Balaban J connectivity index is 2.13. The predicted molar refractivity (Wildman–Crippen MR) is 88.5 cm³/mol. The van der Waals surface area contributed by atoms with Crippen LogP contribution in [0.25, 0.3) is 0 Å². The van der Waals surface area contributed by atoms with Gasteiger partial charge < -0.3 is 5.73 Å². The van der Waals surface area contributed by atoms with Gasteiger partial charge in [0.15, 0.2) is 0 Å². The lowest BCUT2D eigenvalue weighted by molar-refractivity contribution is 0.462. The number of sulfonamides is 1. The van der Waals surface area contributed by atoms with Crippen molar-refractivity contribution >= 4 is 38.6 Å². The largest absolute Gasteiger partial charge is 0.389 e. The minimum atomic E-state index is -3.42. The Morgan fingerprint density at radius 1 is 1.48 bits per heavy atom. The van der Waals surface area contributed by atoms with Crippen LogP contribution in [-0.4, -0.2) is 29.7 Å². The topological polar surface area (TPSA) is 76.3 Å². The highest BCUT2D eigenvalue weighted by Gasteiger charge is 2.19. The van der Waals surface area contributed by atoms with Crippen LogP contribution in [0.15, 0.2) is 35.2 Å². The molecule has 0 atom stereocenters. The summed E-state index contributed by atoms with van der Waals surface area (Å²) < 4.78 is 26.0. The number of benzene rings is 1. The van der Waals surface area contributed by atoms with Crippen molar-refractivity contribution in [2.45, 2.75) is 12.3 Å². The van der Waals surface area contributed by atoms with Crippen LogP contribution >= 0.6 is 23.6 Å². The summed E-state index contributed by atoms with van der Waals surface area (Å²) in [5.41, 5.74) is 9.31.